The number of carbonyl (C=O) groups is 2. The molecule has 1 amide bonds. The van der Waals surface area contributed by atoms with Gasteiger partial charge in [0, 0.05) is 16.1 Å². The molecule has 0 fully saturated rings. The Balaban J connectivity index is 1.40. The topological polar surface area (TPSA) is 94.5 Å². The van der Waals surface area contributed by atoms with Gasteiger partial charge in [-0.3, -0.25) is 4.90 Å². The molecule has 1 aromatic carbocycles. The molecule has 1 aliphatic heterocycles. The first-order valence-corrected chi connectivity index (χ1v) is 14.5. The van der Waals surface area contributed by atoms with Gasteiger partial charge in [0.05, 0.1) is 19.2 Å². The first-order valence-electron chi connectivity index (χ1n) is 11.8. The standard InChI is InChI=1S/C26H26N4O4S3/c1-5-33-24(31)19-14-36-22(29-19)17-12-35-21(27-17)18-13-37-23(28-18)20-10-15-8-6-7-9-16(15)11-30(20)25(32)34-26(2,3)4/h6-9,12-14,20H,5,10-11H2,1-4H3/t20-/m0/s1. The number of carbonyl (C=O) groups excluding carboxylic acids is 2. The summed E-state index contributed by atoms with van der Waals surface area (Å²) in [5, 5.41) is 7.81. The third-order valence-corrected chi connectivity index (χ3v) is 8.29. The van der Waals surface area contributed by atoms with Crippen LogP contribution in [0, 0.1) is 0 Å². The number of amides is 1. The summed E-state index contributed by atoms with van der Waals surface area (Å²) < 4.78 is 10.8. The lowest BCUT2D eigenvalue weighted by atomic mass is 9.94. The summed E-state index contributed by atoms with van der Waals surface area (Å²) in [5.74, 6) is -0.437. The second-order valence-electron chi connectivity index (χ2n) is 9.46. The third-order valence-electron chi connectivity index (χ3n) is 5.61. The summed E-state index contributed by atoms with van der Waals surface area (Å²) in [5.41, 5.74) is 3.47. The molecule has 0 unspecified atom stereocenters. The van der Waals surface area contributed by atoms with Crippen LogP contribution in [0.25, 0.3) is 21.4 Å². The van der Waals surface area contributed by atoms with Crippen molar-refractivity contribution >= 4 is 46.1 Å². The summed E-state index contributed by atoms with van der Waals surface area (Å²) in [7, 11) is 0. The number of esters is 1. The maximum Gasteiger partial charge on any atom is 0.411 e. The van der Waals surface area contributed by atoms with Gasteiger partial charge < -0.3 is 9.47 Å². The van der Waals surface area contributed by atoms with Crippen LogP contribution in [0.15, 0.2) is 40.4 Å². The van der Waals surface area contributed by atoms with Crippen molar-refractivity contribution < 1.29 is 19.1 Å². The van der Waals surface area contributed by atoms with Crippen molar-refractivity contribution in [2.75, 3.05) is 6.61 Å². The van der Waals surface area contributed by atoms with Gasteiger partial charge >= 0.3 is 12.1 Å². The van der Waals surface area contributed by atoms with E-state index in [0.29, 0.717) is 30.3 Å². The zero-order chi connectivity index (χ0) is 26.2. The van der Waals surface area contributed by atoms with Crippen LogP contribution in [-0.4, -0.2) is 44.1 Å². The molecular formula is C26H26N4O4S3. The van der Waals surface area contributed by atoms with Gasteiger partial charge in [0.2, 0.25) is 0 Å². The zero-order valence-corrected chi connectivity index (χ0v) is 23.3. The van der Waals surface area contributed by atoms with Gasteiger partial charge in [-0.2, -0.15) is 0 Å². The number of ether oxygens (including phenoxy) is 2. The van der Waals surface area contributed by atoms with Crippen molar-refractivity contribution in [3.8, 4) is 21.4 Å². The van der Waals surface area contributed by atoms with E-state index < -0.39 is 11.6 Å². The second kappa shape index (κ2) is 10.3. The normalized spacial score (nSPS) is 15.4. The Labute approximate surface area is 227 Å². The summed E-state index contributed by atoms with van der Waals surface area (Å²) in [6, 6.07) is 7.95. The van der Waals surface area contributed by atoms with E-state index in [2.05, 4.69) is 17.1 Å². The number of benzene rings is 1. The Morgan fingerprint density at radius 2 is 1.65 bits per heavy atom. The molecule has 0 N–H and O–H groups in total. The Hall–Kier alpha value is -3.15. The molecule has 11 heteroatoms. The van der Waals surface area contributed by atoms with Crippen LogP contribution in [0.5, 0.6) is 0 Å². The smallest absolute Gasteiger partial charge is 0.411 e. The van der Waals surface area contributed by atoms with Crippen molar-refractivity contribution in [2.45, 2.75) is 52.3 Å². The molecule has 0 saturated carbocycles. The predicted molar refractivity (Wildman–Crippen MR) is 145 cm³/mol. The maximum absolute atomic E-state index is 13.2. The molecule has 1 atom stereocenters. The van der Waals surface area contributed by atoms with E-state index in [1.165, 1.54) is 39.6 Å². The summed E-state index contributed by atoms with van der Waals surface area (Å²) in [6.07, 6.45) is 0.322. The Morgan fingerprint density at radius 3 is 2.41 bits per heavy atom. The van der Waals surface area contributed by atoms with E-state index in [0.717, 1.165) is 21.3 Å². The average Bonchev–Trinajstić information content (AvgIpc) is 3.62. The SMILES string of the molecule is CCOC(=O)c1csc(-c2csc(-c3csc([C@@H]4Cc5ccccc5CN4C(=O)OC(C)(C)C)n3)n2)n1. The molecule has 0 saturated heterocycles. The van der Waals surface area contributed by atoms with Crippen LogP contribution < -0.4 is 0 Å². The number of aromatic nitrogens is 3. The monoisotopic (exact) mass is 554 g/mol. The summed E-state index contributed by atoms with van der Waals surface area (Å²) >= 11 is 4.33. The van der Waals surface area contributed by atoms with Crippen molar-refractivity contribution in [2.24, 2.45) is 0 Å². The highest BCUT2D eigenvalue weighted by molar-refractivity contribution is 7.16. The minimum atomic E-state index is -0.590. The minimum absolute atomic E-state index is 0.228. The van der Waals surface area contributed by atoms with Gasteiger partial charge in [0.15, 0.2) is 5.69 Å². The fraction of sp³-hybridized carbons (Fsp3) is 0.346. The van der Waals surface area contributed by atoms with Crippen LogP contribution >= 0.6 is 34.0 Å². The minimum Gasteiger partial charge on any atom is -0.461 e. The van der Waals surface area contributed by atoms with Crippen LogP contribution in [0.2, 0.25) is 0 Å². The van der Waals surface area contributed by atoms with E-state index in [4.69, 9.17) is 19.4 Å². The van der Waals surface area contributed by atoms with Crippen LogP contribution in [0.3, 0.4) is 0 Å². The Bertz CT molecular complexity index is 1440. The Morgan fingerprint density at radius 1 is 0.973 bits per heavy atom. The second-order valence-corrected chi connectivity index (χ2v) is 12.1. The molecule has 0 spiro atoms. The molecule has 1 aliphatic rings. The van der Waals surface area contributed by atoms with Crippen molar-refractivity contribution in [3.05, 3.63) is 62.2 Å². The van der Waals surface area contributed by atoms with Gasteiger partial charge in [-0.05, 0) is 45.2 Å². The predicted octanol–water partition coefficient (Wildman–Crippen LogP) is 6.60. The number of nitrogens with zero attached hydrogens (tertiary/aromatic N) is 4. The molecule has 0 radical (unpaired) electrons. The molecule has 4 aromatic rings. The van der Waals surface area contributed by atoms with E-state index in [-0.39, 0.29) is 17.8 Å². The molecule has 3 aromatic heterocycles. The maximum atomic E-state index is 13.2. The van der Waals surface area contributed by atoms with Gasteiger partial charge in [0.1, 0.15) is 32.0 Å². The van der Waals surface area contributed by atoms with E-state index >= 15 is 0 Å². The number of hydrogen-bond donors (Lipinski definition) is 0. The molecule has 192 valence electrons. The quantitative estimate of drug-likeness (QED) is 0.257. The van der Waals surface area contributed by atoms with E-state index in [1.54, 1.807) is 17.2 Å². The molecule has 4 heterocycles. The number of rotatable bonds is 5. The van der Waals surface area contributed by atoms with Gasteiger partial charge in [-0.1, -0.05) is 24.3 Å². The summed E-state index contributed by atoms with van der Waals surface area (Å²) in [4.78, 5) is 40.9. The van der Waals surface area contributed by atoms with Crippen LogP contribution in [0.4, 0.5) is 4.79 Å². The van der Waals surface area contributed by atoms with E-state index in [1.807, 2.05) is 43.7 Å². The number of hydrogen-bond acceptors (Lipinski definition) is 10. The molecule has 0 bridgehead atoms. The van der Waals surface area contributed by atoms with Crippen molar-refractivity contribution in [3.63, 3.8) is 0 Å². The lowest BCUT2D eigenvalue weighted by molar-refractivity contribution is 0.0115. The summed E-state index contributed by atoms with van der Waals surface area (Å²) in [6.45, 7) is 8.15. The van der Waals surface area contributed by atoms with Gasteiger partial charge in [0.25, 0.3) is 0 Å². The number of thiazole rings is 3. The molecule has 8 nitrogen and oxygen atoms in total. The first kappa shape index (κ1) is 25.5. The van der Waals surface area contributed by atoms with Gasteiger partial charge in [-0.15, -0.1) is 34.0 Å². The first-order chi connectivity index (χ1) is 17.7. The average molecular weight is 555 g/mol. The fourth-order valence-corrected chi connectivity index (χ4v) is 6.55. The largest absolute Gasteiger partial charge is 0.461 e. The van der Waals surface area contributed by atoms with Gasteiger partial charge in [-0.25, -0.2) is 24.5 Å². The van der Waals surface area contributed by atoms with Crippen LogP contribution in [0.1, 0.15) is 60.4 Å². The molecule has 0 aliphatic carbocycles. The molecule has 5 rings (SSSR count). The lowest BCUT2D eigenvalue weighted by Crippen LogP contribution is -2.42. The van der Waals surface area contributed by atoms with Crippen LogP contribution in [-0.2, 0) is 22.4 Å². The zero-order valence-electron chi connectivity index (χ0n) is 20.9. The Kier molecular flexibility index (Phi) is 7.11. The van der Waals surface area contributed by atoms with Crippen molar-refractivity contribution in [1.82, 2.24) is 19.9 Å². The lowest BCUT2D eigenvalue weighted by Gasteiger charge is -2.36. The molecular weight excluding hydrogens is 529 g/mol. The highest BCUT2D eigenvalue weighted by Gasteiger charge is 2.35. The highest BCUT2D eigenvalue weighted by atomic mass is 32.1. The number of fused-ring (bicyclic) bond motifs is 1. The fourth-order valence-electron chi connectivity index (χ4n) is 3.97. The van der Waals surface area contributed by atoms with E-state index in [9.17, 15) is 9.59 Å². The third kappa shape index (κ3) is 5.58. The molecule has 37 heavy (non-hydrogen) atoms. The highest BCUT2D eigenvalue weighted by Crippen LogP contribution is 2.38. The van der Waals surface area contributed by atoms with Crippen molar-refractivity contribution in [1.29, 1.82) is 0 Å².